The summed E-state index contributed by atoms with van der Waals surface area (Å²) in [6.07, 6.45) is 0. The molecule has 5 nitrogen and oxygen atoms in total. The second kappa shape index (κ2) is 9.22. The Kier molecular flexibility index (Phi) is 6.72. The number of methoxy groups -OCH3 is 1. The zero-order valence-corrected chi connectivity index (χ0v) is 16.2. The Balaban J connectivity index is 1.80. The van der Waals surface area contributed by atoms with Gasteiger partial charge in [0.05, 0.1) is 12.2 Å². The molecule has 6 heteroatoms. The van der Waals surface area contributed by atoms with Crippen LogP contribution in [-0.2, 0) is 4.74 Å². The molecule has 1 aliphatic rings. The molecule has 0 spiro atoms. The number of ether oxygens (including phenoxy) is 2. The van der Waals surface area contributed by atoms with Crippen LogP contribution in [-0.4, -0.2) is 50.8 Å². The Morgan fingerprint density at radius 2 is 1.96 bits per heavy atom. The minimum absolute atomic E-state index is 0.0817. The molecule has 2 atom stereocenters. The maximum Gasteiger partial charge on any atom is 0.257 e. The molecule has 2 aromatic rings. The van der Waals surface area contributed by atoms with Gasteiger partial charge in [0.15, 0.2) is 0 Å². The van der Waals surface area contributed by atoms with Crippen molar-refractivity contribution in [3.05, 3.63) is 64.7 Å². The van der Waals surface area contributed by atoms with Crippen molar-refractivity contribution in [3.8, 4) is 5.75 Å². The molecule has 1 amide bonds. The van der Waals surface area contributed by atoms with Gasteiger partial charge in [0, 0.05) is 31.1 Å². The predicted molar refractivity (Wildman–Crippen MR) is 106 cm³/mol. The van der Waals surface area contributed by atoms with Gasteiger partial charge in [-0.15, -0.1) is 0 Å². The summed E-state index contributed by atoms with van der Waals surface area (Å²) in [5.74, 6) is 0.904. The normalized spacial score (nSPS) is 19.3. The number of nitrogens with zero attached hydrogens (tertiary/aromatic N) is 1. The van der Waals surface area contributed by atoms with E-state index in [4.69, 9.17) is 26.8 Å². The van der Waals surface area contributed by atoms with Crippen molar-refractivity contribution in [2.75, 3.05) is 40.0 Å². The van der Waals surface area contributed by atoms with Crippen molar-refractivity contribution in [3.63, 3.8) is 0 Å². The number of hydrogen-bond donors (Lipinski definition) is 1. The van der Waals surface area contributed by atoms with Gasteiger partial charge in [-0.05, 0) is 36.2 Å². The summed E-state index contributed by atoms with van der Waals surface area (Å²) in [6.45, 7) is 2.62. The van der Waals surface area contributed by atoms with Crippen molar-refractivity contribution in [2.24, 2.45) is 11.7 Å². The molecular weight excluding hydrogens is 364 g/mol. The smallest absolute Gasteiger partial charge is 0.257 e. The minimum Gasteiger partial charge on any atom is -0.490 e. The molecule has 0 saturated carbocycles. The largest absolute Gasteiger partial charge is 0.490 e. The van der Waals surface area contributed by atoms with E-state index in [2.05, 4.69) is 12.1 Å². The Morgan fingerprint density at radius 1 is 1.19 bits per heavy atom. The molecule has 1 aliphatic heterocycles. The first-order valence-corrected chi connectivity index (χ1v) is 9.47. The summed E-state index contributed by atoms with van der Waals surface area (Å²) in [5.41, 5.74) is 7.69. The van der Waals surface area contributed by atoms with Gasteiger partial charge in [-0.25, -0.2) is 0 Å². The number of benzene rings is 2. The lowest BCUT2D eigenvalue weighted by Crippen LogP contribution is -2.30. The van der Waals surface area contributed by atoms with E-state index in [-0.39, 0.29) is 17.7 Å². The molecule has 0 aromatic heterocycles. The number of carbonyl (C=O) groups is 1. The summed E-state index contributed by atoms with van der Waals surface area (Å²) in [4.78, 5) is 15.1. The van der Waals surface area contributed by atoms with Crippen LogP contribution in [0.15, 0.2) is 48.5 Å². The van der Waals surface area contributed by atoms with Crippen molar-refractivity contribution in [1.82, 2.24) is 4.90 Å². The highest BCUT2D eigenvalue weighted by Gasteiger charge is 2.36. The van der Waals surface area contributed by atoms with Crippen LogP contribution in [0.5, 0.6) is 5.75 Å². The number of rotatable bonds is 7. The van der Waals surface area contributed by atoms with Gasteiger partial charge in [0.1, 0.15) is 12.4 Å². The van der Waals surface area contributed by atoms with E-state index in [1.807, 2.05) is 23.1 Å². The van der Waals surface area contributed by atoms with Crippen molar-refractivity contribution in [1.29, 1.82) is 0 Å². The quantitative estimate of drug-likeness (QED) is 0.740. The zero-order valence-electron chi connectivity index (χ0n) is 15.4. The fraction of sp³-hybridized carbons (Fsp3) is 0.381. The Morgan fingerprint density at radius 3 is 2.67 bits per heavy atom. The first kappa shape index (κ1) is 19.7. The molecule has 1 heterocycles. The molecule has 144 valence electrons. The Bertz CT molecular complexity index is 769. The summed E-state index contributed by atoms with van der Waals surface area (Å²) >= 11 is 6.14. The van der Waals surface area contributed by atoms with E-state index in [1.165, 1.54) is 5.56 Å². The highest BCUT2D eigenvalue weighted by atomic mass is 35.5. The fourth-order valence-electron chi connectivity index (χ4n) is 3.55. The van der Waals surface area contributed by atoms with Crippen LogP contribution in [0, 0.1) is 5.92 Å². The molecule has 2 aromatic carbocycles. The van der Waals surface area contributed by atoms with Gasteiger partial charge < -0.3 is 20.1 Å². The lowest BCUT2D eigenvalue weighted by atomic mass is 9.89. The van der Waals surface area contributed by atoms with Crippen LogP contribution < -0.4 is 10.5 Å². The van der Waals surface area contributed by atoms with Crippen molar-refractivity contribution in [2.45, 2.75) is 5.92 Å². The molecule has 0 aliphatic carbocycles. The highest BCUT2D eigenvalue weighted by molar-refractivity contribution is 6.31. The first-order valence-electron chi connectivity index (χ1n) is 9.09. The van der Waals surface area contributed by atoms with Gasteiger partial charge in [-0.3, -0.25) is 4.79 Å². The van der Waals surface area contributed by atoms with Crippen LogP contribution in [0.3, 0.4) is 0 Å². The molecule has 2 N–H and O–H groups in total. The number of amides is 1. The van der Waals surface area contributed by atoms with Crippen LogP contribution in [0.1, 0.15) is 21.8 Å². The predicted octanol–water partition coefficient (Wildman–Crippen LogP) is 3.18. The van der Waals surface area contributed by atoms with Crippen LogP contribution in [0.4, 0.5) is 0 Å². The van der Waals surface area contributed by atoms with Crippen LogP contribution in [0.25, 0.3) is 0 Å². The molecule has 1 fully saturated rings. The topological polar surface area (TPSA) is 64.8 Å². The average molecular weight is 389 g/mol. The molecule has 3 rings (SSSR count). The number of carbonyl (C=O) groups excluding carboxylic acids is 1. The molecule has 0 radical (unpaired) electrons. The first-order chi connectivity index (χ1) is 13.1. The summed E-state index contributed by atoms with van der Waals surface area (Å²) in [7, 11) is 1.61. The van der Waals surface area contributed by atoms with Gasteiger partial charge >= 0.3 is 0 Å². The molecule has 0 unspecified atom stereocenters. The van der Waals surface area contributed by atoms with Gasteiger partial charge in [0.25, 0.3) is 5.91 Å². The monoisotopic (exact) mass is 388 g/mol. The lowest BCUT2D eigenvalue weighted by Gasteiger charge is -2.19. The van der Waals surface area contributed by atoms with Crippen LogP contribution >= 0.6 is 11.6 Å². The molecular formula is C21H25ClN2O3. The summed E-state index contributed by atoms with van der Waals surface area (Å²) < 4.78 is 10.7. The third-order valence-electron chi connectivity index (χ3n) is 4.98. The van der Waals surface area contributed by atoms with E-state index in [0.29, 0.717) is 49.2 Å². The Labute approximate surface area is 165 Å². The third kappa shape index (κ3) is 4.61. The maximum absolute atomic E-state index is 13.2. The maximum atomic E-state index is 13.2. The van der Waals surface area contributed by atoms with E-state index >= 15 is 0 Å². The molecule has 1 saturated heterocycles. The standard InChI is InChI=1S/C21H25ClN2O3/c1-26-9-10-27-20-8-7-17(22)11-18(20)21(25)24-13-16(12-23)19(14-24)15-5-3-2-4-6-15/h2-8,11,16,19H,9-10,12-14,23H2,1H3/t16-,19+/m1/s1. The summed E-state index contributed by atoms with van der Waals surface area (Å²) in [5, 5.41) is 0.506. The van der Waals surface area contributed by atoms with E-state index in [9.17, 15) is 4.79 Å². The van der Waals surface area contributed by atoms with Crippen molar-refractivity contribution >= 4 is 17.5 Å². The van der Waals surface area contributed by atoms with E-state index in [0.717, 1.165) is 0 Å². The number of nitrogens with two attached hydrogens (primary N) is 1. The zero-order chi connectivity index (χ0) is 19.2. The fourth-order valence-corrected chi connectivity index (χ4v) is 3.73. The van der Waals surface area contributed by atoms with Crippen molar-refractivity contribution < 1.29 is 14.3 Å². The Hall–Kier alpha value is -2.08. The number of hydrogen-bond acceptors (Lipinski definition) is 4. The molecule has 0 bridgehead atoms. The van der Waals surface area contributed by atoms with E-state index < -0.39 is 0 Å². The summed E-state index contributed by atoms with van der Waals surface area (Å²) in [6, 6.07) is 15.3. The lowest BCUT2D eigenvalue weighted by molar-refractivity contribution is 0.0779. The van der Waals surface area contributed by atoms with Crippen LogP contribution in [0.2, 0.25) is 5.02 Å². The number of likely N-dealkylation sites (tertiary alicyclic amines) is 1. The third-order valence-corrected chi connectivity index (χ3v) is 5.21. The van der Waals surface area contributed by atoms with Gasteiger partial charge in [-0.2, -0.15) is 0 Å². The average Bonchev–Trinajstić information content (AvgIpc) is 3.14. The van der Waals surface area contributed by atoms with Gasteiger partial charge in [0.2, 0.25) is 0 Å². The highest BCUT2D eigenvalue weighted by Crippen LogP contribution is 2.34. The van der Waals surface area contributed by atoms with E-state index in [1.54, 1.807) is 25.3 Å². The van der Waals surface area contributed by atoms with Gasteiger partial charge in [-0.1, -0.05) is 41.9 Å². The SMILES string of the molecule is COCCOc1ccc(Cl)cc1C(=O)N1C[C@@H](CN)[C@H](c2ccccc2)C1. The molecule has 27 heavy (non-hydrogen) atoms. The minimum atomic E-state index is -0.0817. The number of halogens is 1. The second-order valence-corrected chi connectivity index (χ2v) is 7.14. The second-order valence-electron chi connectivity index (χ2n) is 6.70.